The molecule has 7 aromatic rings. The Labute approximate surface area is 226 Å². The fraction of sp³-hybridized carbons (Fsp3) is 0.0571. The summed E-state index contributed by atoms with van der Waals surface area (Å²) in [6.45, 7) is 0.362. The Morgan fingerprint density at radius 1 is 0.667 bits per heavy atom. The molecule has 0 atom stereocenters. The van der Waals surface area contributed by atoms with E-state index in [1.54, 1.807) is 6.26 Å². The number of hydrogen-bond acceptors (Lipinski definition) is 3. The lowest BCUT2D eigenvalue weighted by Gasteiger charge is -2.37. The van der Waals surface area contributed by atoms with Crippen LogP contribution >= 0.6 is 0 Å². The number of hydrogen-bond donors (Lipinski definition) is 0. The molecule has 0 bridgehead atoms. The van der Waals surface area contributed by atoms with Crippen molar-refractivity contribution in [2.45, 2.75) is 12.1 Å². The summed E-state index contributed by atoms with van der Waals surface area (Å²) in [7, 11) is 0. The number of rotatable bonds is 7. The molecule has 0 saturated heterocycles. The second-order valence-electron chi connectivity index (χ2n) is 9.65. The molecular formula is C35H26N2O2. The molecule has 0 amide bonds. The van der Waals surface area contributed by atoms with Crippen molar-refractivity contribution in [3.05, 3.63) is 169 Å². The quantitative estimate of drug-likeness (QED) is 0.205. The standard InChI is InChI=1S/C35H26N2O2/c1-4-10-27(11-5-1)35(28-12-6-2-7-13-28,29-14-8-3-9-15-29)37-23-30(36-25-37)24-39-31-17-18-32-26(22-31)16-19-34-33(32)20-21-38-34/h1-23,25H,24H2. The van der Waals surface area contributed by atoms with Crippen LogP contribution in [0.2, 0.25) is 0 Å². The highest BCUT2D eigenvalue weighted by Gasteiger charge is 2.38. The van der Waals surface area contributed by atoms with Crippen molar-refractivity contribution >= 4 is 21.7 Å². The second kappa shape index (κ2) is 9.66. The van der Waals surface area contributed by atoms with Crippen LogP contribution in [-0.4, -0.2) is 9.55 Å². The lowest BCUT2D eigenvalue weighted by atomic mass is 9.77. The summed E-state index contributed by atoms with van der Waals surface area (Å²) in [5, 5.41) is 3.37. The van der Waals surface area contributed by atoms with Gasteiger partial charge in [-0.15, -0.1) is 0 Å². The van der Waals surface area contributed by atoms with Crippen molar-refractivity contribution in [1.82, 2.24) is 9.55 Å². The first-order chi connectivity index (χ1) is 19.3. The minimum atomic E-state index is -0.589. The molecule has 188 valence electrons. The number of fused-ring (bicyclic) bond motifs is 3. The van der Waals surface area contributed by atoms with E-state index in [4.69, 9.17) is 14.1 Å². The second-order valence-corrected chi connectivity index (χ2v) is 9.65. The van der Waals surface area contributed by atoms with E-state index in [2.05, 4.69) is 120 Å². The summed E-state index contributed by atoms with van der Waals surface area (Å²) in [6, 6.07) is 44.0. The van der Waals surface area contributed by atoms with E-state index in [-0.39, 0.29) is 0 Å². The van der Waals surface area contributed by atoms with E-state index in [9.17, 15) is 0 Å². The molecule has 0 N–H and O–H groups in total. The molecule has 2 heterocycles. The predicted molar refractivity (Wildman–Crippen MR) is 155 cm³/mol. The first-order valence-corrected chi connectivity index (χ1v) is 13.0. The topological polar surface area (TPSA) is 40.2 Å². The van der Waals surface area contributed by atoms with Gasteiger partial charge in [0.1, 0.15) is 23.5 Å². The first-order valence-electron chi connectivity index (χ1n) is 13.0. The Balaban J connectivity index is 1.27. The van der Waals surface area contributed by atoms with Crippen molar-refractivity contribution in [3.63, 3.8) is 0 Å². The van der Waals surface area contributed by atoms with Gasteiger partial charge >= 0.3 is 0 Å². The first kappa shape index (κ1) is 23.1. The molecule has 5 aromatic carbocycles. The number of imidazole rings is 1. The molecule has 0 fully saturated rings. The van der Waals surface area contributed by atoms with Gasteiger partial charge in [0.25, 0.3) is 0 Å². The number of nitrogens with zero attached hydrogens (tertiary/aromatic N) is 2. The molecule has 0 spiro atoms. The number of benzene rings is 5. The van der Waals surface area contributed by atoms with Gasteiger partial charge in [-0.25, -0.2) is 4.98 Å². The molecule has 4 heteroatoms. The van der Waals surface area contributed by atoms with E-state index in [0.717, 1.165) is 49.9 Å². The van der Waals surface area contributed by atoms with Gasteiger partial charge in [-0.05, 0) is 57.8 Å². The minimum Gasteiger partial charge on any atom is -0.487 e. The largest absolute Gasteiger partial charge is 0.487 e. The fourth-order valence-electron chi connectivity index (χ4n) is 5.62. The van der Waals surface area contributed by atoms with Gasteiger partial charge in [-0.2, -0.15) is 0 Å². The summed E-state index contributed by atoms with van der Waals surface area (Å²) < 4.78 is 14.0. The maximum Gasteiger partial charge on any atom is 0.134 e. The molecule has 0 aliphatic rings. The lowest BCUT2D eigenvalue weighted by Crippen LogP contribution is -2.36. The van der Waals surface area contributed by atoms with Crippen LogP contribution in [0.25, 0.3) is 21.7 Å². The van der Waals surface area contributed by atoms with Gasteiger partial charge < -0.3 is 13.7 Å². The van der Waals surface area contributed by atoms with E-state index < -0.39 is 5.54 Å². The Kier molecular flexibility index (Phi) is 5.71. The third-order valence-electron chi connectivity index (χ3n) is 7.41. The zero-order valence-electron chi connectivity index (χ0n) is 21.3. The van der Waals surface area contributed by atoms with Crippen molar-refractivity contribution in [2.24, 2.45) is 0 Å². The van der Waals surface area contributed by atoms with E-state index >= 15 is 0 Å². The summed E-state index contributed by atoms with van der Waals surface area (Å²) in [6.07, 6.45) is 5.75. The monoisotopic (exact) mass is 506 g/mol. The zero-order chi connectivity index (χ0) is 26.1. The average molecular weight is 507 g/mol. The van der Waals surface area contributed by atoms with Gasteiger partial charge in [0, 0.05) is 11.6 Å². The highest BCUT2D eigenvalue weighted by Crippen LogP contribution is 2.40. The zero-order valence-corrected chi connectivity index (χ0v) is 21.3. The number of ether oxygens (including phenoxy) is 1. The molecule has 0 saturated carbocycles. The summed E-state index contributed by atoms with van der Waals surface area (Å²) in [4.78, 5) is 4.80. The van der Waals surface area contributed by atoms with Crippen LogP contribution < -0.4 is 4.74 Å². The molecule has 7 rings (SSSR count). The molecule has 2 aromatic heterocycles. The van der Waals surface area contributed by atoms with Gasteiger partial charge in [0.2, 0.25) is 0 Å². The normalized spacial score (nSPS) is 11.7. The predicted octanol–water partition coefficient (Wildman–Crippen LogP) is 8.20. The molecule has 39 heavy (non-hydrogen) atoms. The number of furan rings is 1. The van der Waals surface area contributed by atoms with Crippen molar-refractivity contribution in [3.8, 4) is 5.75 Å². The Hall–Kier alpha value is -5.09. The Morgan fingerprint density at radius 3 is 1.95 bits per heavy atom. The van der Waals surface area contributed by atoms with E-state index in [1.807, 2.05) is 24.5 Å². The van der Waals surface area contributed by atoms with E-state index in [1.165, 1.54) is 0 Å². The van der Waals surface area contributed by atoms with Crippen LogP contribution in [0.4, 0.5) is 0 Å². The van der Waals surface area contributed by atoms with Crippen LogP contribution in [0, 0.1) is 0 Å². The average Bonchev–Trinajstić information content (AvgIpc) is 3.69. The van der Waals surface area contributed by atoms with Crippen LogP contribution in [0.15, 0.2) is 151 Å². The third kappa shape index (κ3) is 3.98. The van der Waals surface area contributed by atoms with Crippen LogP contribution in [0.3, 0.4) is 0 Å². The SMILES string of the molecule is c1ccc(C(c2ccccc2)(c2ccccc2)n2cnc(COc3ccc4c(ccc5occc54)c3)c2)cc1. The van der Waals surface area contributed by atoms with E-state index in [0.29, 0.717) is 6.61 Å². The van der Waals surface area contributed by atoms with Crippen molar-refractivity contribution in [2.75, 3.05) is 0 Å². The van der Waals surface area contributed by atoms with Crippen LogP contribution in [-0.2, 0) is 12.1 Å². The summed E-state index contributed by atoms with van der Waals surface area (Å²) >= 11 is 0. The van der Waals surface area contributed by atoms with Gasteiger partial charge in [0.15, 0.2) is 0 Å². The van der Waals surface area contributed by atoms with Gasteiger partial charge in [-0.1, -0.05) is 97.1 Å². The maximum atomic E-state index is 6.24. The Morgan fingerprint density at radius 2 is 1.31 bits per heavy atom. The minimum absolute atomic E-state index is 0.362. The highest BCUT2D eigenvalue weighted by atomic mass is 16.5. The molecule has 0 aliphatic carbocycles. The van der Waals surface area contributed by atoms with Gasteiger partial charge in [-0.3, -0.25) is 0 Å². The van der Waals surface area contributed by atoms with Crippen LogP contribution in [0.5, 0.6) is 5.75 Å². The molecular weight excluding hydrogens is 480 g/mol. The molecule has 0 aliphatic heterocycles. The van der Waals surface area contributed by atoms with Crippen molar-refractivity contribution in [1.29, 1.82) is 0 Å². The highest BCUT2D eigenvalue weighted by molar-refractivity contribution is 6.06. The van der Waals surface area contributed by atoms with Crippen molar-refractivity contribution < 1.29 is 9.15 Å². The third-order valence-corrected chi connectivity index (χ3v) is 7.41. The lowest BCUT2D eigenvalue weighted by molar-refractivity contribution is 0.302. The maximum absolute atomic E-state index is 6.24. The summed E-state index contributed by atoms with van der Waals surface area (Å²) in [5.74, 6) is 0.806. The smallest absolute Gasteiger partial charge is 0.134 e. The molecule has 0 unspecified atom stereocenters. The Bertz CT molecular complexity index is 1760. The fourth-order valence-corrected chi connectivity index (χ4v) is 5.62. The van der Waals surface area contributed by atoms with Gasteiger partial charge in [0.05, 0.1) is 18.3 Å². The number of aromatic nitrogens is 2. The molecule has 4 nitrogen and oxygen atoms in total. The molecule has 0 radical (unpaired) electrons. The summed E-state index contributed by atoms with van der Waals surface area (Å²) in [5.41, 5.74) is 4.63. The van der Waals surface area contributed by atoms with Crippen LogP contribution in [0.1, 0.15) is 22.4 Å².